The van der Waals surface area contributed by atoms with Crippen LogP contribution in [-0.4, -0.2) is 15.0 Å². The fraction of sp³-hybridized carbons (Fsp3) is 0. The largest absolute Gasteiger partial charge is 0.437 e. The second-order valence-corrected chi connectivity index (χ2v) is 4.22. The molecule has 2 aromatic heterocycles. The van der Waals surface area contributed by atoms with Gasteiger partial charge < -0.3 is 15.8 Å². The van der Waals surface area contributed by atoms with Gasteiger partial charge in [-0.15, -0.1) is 0 Å². The van der Waals surface area contributed by atoms with E-state index in [4.69, 9.17) is 10.5 Å². The van der Waals surface area contributed by atoms with Gasteiger partial charge in [0.25, 0.3) is 0 Å². The highest BCUT2D eigenvalue weighted by atomic mass is 16.5. The molecule has 1 aromatic carbocycles. The molecule has 0 bridgehead atoms. The smallest absolute Gasteiger partial charge is 0.248 e. The lowest BCUT2D eigenvalue weighted by atomic mass is 10.3. The average Bonchev–Trinajstić information content (AvgIpc) is 2.53. The van der Waals surface area contributed by atoms with Crippen LogP contribution in [0, 0.1) is 0 Å². The van der Waals surface area contributed by atoms with Crippen molar-refractivity contribution in [2.45, 2.75) is 0 Å². The fourth-order valence-corrected chi connectivity index (χ4v) is 1.73. The lowest BCUT2D eigenvalue weighted by Crippen LogP contribution is -2.03. The molecule has 0 aliphatic heterocycles. The minimum Gasteiger partial charge on any atom is -0.437 e. The molecule has 0 amide bonds. The standard InChI is InChI=1S/C15H13N5O/c16-13-14(20-11-6-8-17-9-7-11)18-10-19-15(13)21-12-4-2-1-3-5-12/h1-10H,16H2,(H,17,18,19,20). The maximum atomic E-state index is 6.05. The predicted octanol–water partition coefficient (Wildman–Crippen LogP) is 2.99. The molecule has 21 heavy (non-hydrogen) atoms. The maximum absolute atomic E-state index is 6.05. The van der Waals surface area contributed by atoms with Gasteiger partial charge in [0.15, 0.2) is 5.82 Å². The number of rotatable bonds is 4. The van der Waals surface area contributed by atoms with Crippen molar-refractivity contribution in [2.24, 2.45) is 0 Å². The minimum absolute atomic E-state index is 0.313. The van der Waals surface area contributed by atoms with E-state index in [0.717, 1.165) is 5.69 Å². The third-order valence-corrected chi connectivity index (χ3v) is 2.75. The number of hydrogen-bond acceptors (Lipinski definition) is 6. The lowest BCUT2D eigenvalue weighted by Gasteiger charge is -2.11. The molecule has 0 fully saturated rings. The van der Waals surface area contributed by atoms with E-state index in [1.165, 1.54) is 6.33 Å². The number of pyridine rings is 1. The van der Waals surface area contributed by atoms with Gasteiger partial charge >= 0.3 is 0 Å². The van der Waals surface area contributed by atoms with Crippen LogP contribution in [0.15, 0.2) is 61.2 Å². The highest BCUT2D eigenvalue weighted by Crippen LogP contribution is 2.30. The number of para-hydroxylation sites is 1. The summed E-state index contributed by atoms with van der Waals surface area (Å²) in [5.41, 5.74) is 7.23. The average molecular weight is 279 g/mol. The molecule has 0 spiro atoms. The quantitative estimate of drug-likeness (QED) is 0.763. The third-order valence-electron chi connectivity index (χ3n) is 2.75. The van der Waals surface area contributed by atoms with Crippen LogP contribution >= 0.6 is 0 Å². The molecule has 0 atom stereocenters. The van der Waals surface area contributed by atoms with E-state index >= 15 is 0 Å². The second kappa shape index (κ2) is 5.87. The highest BCUT2D eigenvalue weighted by molar-refractivity contribution is 5.72. The van der Waals surface area contributed by atoms with Crippen molar-refractivity contribution in [3.05, 3.63) is 61.2 Å². The van der Waals surface area contributed by atoms with Gasteiger partial charge in [0.2, 0.25) is 5.88 Å². The Morgan fingerprint density at radius 2 is 1.71 bits per heavy atom. The van der Waals surface area contributed by atoms with Gasteiger partial charge in [0.05, 0.1) is 0 Å². The molecular weight excluding hydrogens is 266 g/mol. The molecular formula is C15H13N5O. The number of hydrogen-bond donors (Lipinski definition) is 2. The summed E-state index contributed by atoms with van der Waals surface area (Å²) in [5, 5.41) is 3.10. The van der Waals surface area contributed by atoms with Crippen LogP contribution in [0.25, 0.3) is 0 Å². The summed E-state index contributed by atoms with van der Waals surface area (Å²) in [4.78, 5) is 12.1. The Morgan fingerprint density at radius 3 is 2.48 bits per heavy atom. The number of aromatic nitrogens is 3. The molecule has 0 unspecified atom stereocenters. The maximum Gasteiger partial charge on any atom is 0.248 e. The van der Waals surface area contributed by atoms with Gasteiger partial charge in [-0.3, -0.25) is 4.98 Å². The first-order valence-electron chi connectivity index (χ1n) is 6.33. The molecule has 3 aromatic rings. The summed E-state index contributed by atoms with van der Waals surface area (Å²) in [5.74, 6) is 1.47. The number of nitrogens with one attached hydrogen (secondary N) is 1. The summed E-state index contributed by atoms with van der Waals surface area (Å²) in [7, 11) is 0. The molecule has 6 heteroatoms. The minimum atomic E-state index is 0.313. The molecule has 6 nitrogen and oxygen atoms in total. The molecule has 0 aliphatic rings. The Morgan fingerprint density at radius 1 is 0.952 bits per heavy atom. The summed E-state index contributed by atoms with van der Waals surface area (Å²) < 4.78 is 5.66. The first-order valence-corrected chi connectivity index (χ1v) is 6.33. The molecule has 2 heterocycles. The zero-order chi connectivity index (χ0) is 14.5. The lowest BCUT2D eigenvalue weighted by molar-refractivity contribution is 0.464. The first-order chi connectivity index (χ1) is 10.3. The van der Waals surface area contributed by atoms with Crippen molar-refractivity contribution in [1.29, 1.82) is 0 Å². The van der Waals surface area contributed by atoms with Gasteiger partial charge in [0, 0.05) is 18.1 Å². The van der Waals surface area contributed by atoms with Gasteiger partial charge in [-0.05, 0) is 24.3 Å². The monoisotopic (exact) mass is 279 g/mol. The Labute approximate surface area is 121 Å². The van der Waals surface area contributed by atoms with Gasteiger partial charge in [-0.1, -0.05) is 18.2 Å². The number of nitrogen functional groups attached to an aromatic ring is 1. The van der Waals surface area contributed by atoms with Gasteiger partial charge in [0.1, 0.15) is 17.8 Å². The van der Waals surface area contributed by atoms with Crippen molar-refractivity contribution >= 4 is 17.2 Å². The highest BCUT2D eigenvalue weighted by Gasteiger charge is 2.10. The van der Waals surface area contributed by atoms with Crippen molar-refractivity contribution < 1.29 is 4.74 Å². The normalized spacial score (nSPS) is 10.1. The Balaban J connectivity index is 1.85. The second-order valence-electron chi connectivity index (χ2n) is 4.22. The van der Waals surface area contributed by atoms with E-state index in [1.54, 1.807) is 12.4 Å². The van der Waals surface area contributed by atoms with Crippen LogP contribution in [0.5, 0.6) is 11.6 Å². The van der Waals surface area contributed by atoms with Crippen LogP contribution in [0.3, 0.4) is 0 Å². The van der Waals surface area contributed by atoms with Crippen LogP contribution in [-0.2, 0) is 0 Å². The van der Waals surface area contributed by atoms with Crippen LogP contribution in [0.1, 0.15) is 0 Å². The summed E-state index contributed by atoms with van der Waals surface area (Å²) in [6.45, 7) is 0. The SMILES string of the molecule is Nc1c(Nc2ccncc2)ncnc1Oc1ccccc1. The topological polar surface area (TPSA) is 86.0 Å². The first kappa shape index (κ1) is 12.9. The Kier molecular flexibility index (Phi) is 3.60. The number of nitrogens with two attached hydrogens (primary N) is 1. The summed E-state index contributed by atoms with van der Waals surface area (Å²) in [6.07, 6.45) is 4.76. The zero-order valence-electron chi connectivity index (χ0n) is 11.1. The number of nitrogens with zero attached hydrogens (tertiary/aromatic N) is 3. The number of ether oxygens (including phenoxy) is 1. The fourth-order valence-electron chi connectivity index (χ4n) is 1.73. The Hall–Kier alpha value is -3.15. The molecule has 0 saturated heterocycles. The van der Waals surface area contributed by atoms with Crippen LogP contribution < -0.4 is 15.8 Å². The Bertz CT molecular complexity index is 659. The van der Waals surface area contributed by atoms with Crippen LogP contribution in [0.2, 0.25) is 0 Å². The van der Waals surface area contributed by atoms with Crippen molar-refractivity contribution in [3.8, 4) is 11.6 Å². The summed E-state index contributed by atoms with van der Waals surface area (Å²) in [6, 6.07) is 13.0. The van der Waals surface area contributed by atoms with E-state index < -0.39 is 0 Å². The predicted molar refractivity (Wildman–Crippen MR) is 80.5 cm³/mol. The molecule has 104 valence electrons. The summed E-state index contributed by atoms with van der Waals surface area (Å²) >= 11 is 0. The molecule has 0 aliphatic carbocycles. The van der Waals surface area contributed by atoms with Crippen molar-refractivity contribution in [1.82, 2.24) is 15.0 Å². The third kappa shape index (κ3) is 3.06. The number of anilines is 3. The van der Waals surface area contributed by atoms with E-state index in [9.17, 15) is 0 Å². The zero-order valence-corrected chi connectivity index (χ0v) is 11.1. The van der Waals surface area contributed by atoms with Crippen LogP contribution in [0.4, 0.5) is 17.2 Å². The molecule has 0 saturated carbocycles. The van der Waals surface area contributed by atoms with E-state index in [1.807, 2.05) is 42.5 Å². The van der Waals surface area contributed by atoms with Gasteiger partial charge in [-0.25, -0.2) is 4.98 Å². The molecule has 3 rings (SSSR count). The number of benzene rings is 1. The van der Waals surface area contributed by atoms with E-state index in [0.29, 0.717) is 23.1 Å². The van der Waals surface area contributed by atoms with E-state index in [2.05, 4.69) is 20.3 Å². The van der Waals surface area contributed by atoms with Crippen molar-refractivity contribution in [3.63, 3.8) is 0 Å². The van der Waals surface area contributed by atoms with E-state index in [-0.39, 0.29) is 0 Å². The molecule has 3 N–H and O–H groups in total. The molecule has 0 radical (unpaired) electrons. The van der Waals surface area contributed by atoms with Crippen molar-refractivity contribution in [2.75, 3.05) is 11.1 Å². The van der Waals surface area contributed by atoms with Gasteiger partial charge in [-0.2, -0.15) is 4.98 Å².